The van der Waals surface area contributed by atoms with Crippen molar-refractivity contribution in [1.29, 1.82) is 0 Å². The zero-order chi connectivity index (χ0) is 26.7. The Morgan fingerprint density at radius 1 is 1.19 bits per heavy atom. The molecule has 4 rings (SSSR count). The van der Waals surface area contributed by atoms with Crippen LogP contribution in [0.2, 0.25) is 10.4 Å². The van der Waals surface area contributed by atoms with Gasteiger partial charge in [0.05, 0.1) is 19.0 Å². The van der Waals surface area contributed by atoms with Gasteiger partial charge in [-0.25, -0.2) is 14.5 Å². The Labute approximate surface area is 225 Å². The van der Waals surface area contributed by atoms with E-state index in [2.05, 4.69) is 27.0 Å². The first kappa shape index (κ1) is 27.8. The van der Waals surface area contributed by atoms with Crippen LogP contribution in [0, 0.1) is 11.8 Å². The van der Waals surface area contributed by atoms with Gasteiger partial charge in [0.25, 0.3) is 0 Å². The second kappa shape index (κ2) is 11.7. The van der Waals surface area contributed by atoms with Crippen LogP contribution in [0.1, 0.15) is 46.6 Å². The molecule has 2 heterocycles. The molecule has 13 heteroatoms. The third kappa shape index (κ3) is 6.81. The minimum Gasteiger partial charge on any atom is -0.462 e. The molecule has 1 aliphatic rings. The number of halogens is 2. The summed E-state index contributed by atoms with van der Waals surface area (Å²) in [6.07, 6.45) is 2.92. The standard InChI is InChI=1S/C24H30Cl2N5O5P/c1-14(2)35-23(32)16(4)30-37(33,36-18-8-6-5-7-9-18)34-12-17-10-15(3)19(11-17)31-13-27-20-21(25)28-24(26)29-22(20)31/h5-9,13-17,19H,10-12H2,1-4H3,(H,30,33)/t15-,16+,17-,19-,37?/m1/s1. The molecule has 1 saturated carbocycles. The molecule has 1 fully saturated rings. The monoisotopic (exact) mass is 569 g/mol. The van der Waals surface area contributed by atoms with Crippen LogP contribution in [0.15, 0.2) is 36.7 Å². The Bertz CT molecular complexity index is 1290. The van der Waals surface area contributed by atoms with Gasteiger partial charge in [-0.05, 0) is 69.2 Å². The maximum absolute atomic E-state index is 13.8. The molecule has 0 aliphatic heterocycles. The molecule has 1 aliphatic carbocycles. The average molecular weight is 570 g/mol. The lowest BCUT2D eigenvalue weighted by Crippen LogP contribution is -2.36. The second-order valence-electron chi connectivity index (χ2n) is 9.52. The van der Waals surface area contributed by atoms with Gasteiger partial charge in [-0.1, -0.05) is 36.7 Å². The summed E-state index contributed by atoms with van der Waals surface area (Å²) in [7, 11) is -3.92. The van der Waals surface area contributed by atoms with Gasteiger partial charge >= 0.3 is 13.7 Å². The van der Waals surface area contributed by atoms with Crippen LogP contribution in [0.25, 0.3) is 11.2 Å². The minimum absolute atomic E-state index is 0.0555. The van der Waals surface area contributed by atoms with Gasteiger partial charge in [0, 0.05) is 6.04 Å². The number of esters is 1. The molecule has 1 unspecified atom stereocenters. The number of nitrogens with zero attached hydrogens (tertiary/aromatic N) is 4. The smallest absolute Gasteiger partial charge is 0.459 e. The summed E-state index contributed by atoms with van der Waals surface area (Å²) in [5, 5.41) is 2.99. The second-order valence-corrected chi connectivity index (χ2v) is 11.9. The number of benzene rings is 1. The molecule has 0 saturated heterocycles. The summed E-state index contributed by atoms with van der Waals surface area (Å²) in [5.41, 5.74) is 1.06. The first-order chi connectivity index (χ1) is 17.5. The Morgan fingerprint density at radius 2 is 1.92 bits per heavy atom. The summed E-state index contributed by atoms with van der Waals surface area (Å²) in [6, 6.07) is 7.84. The van der Waals surface area contributed by atoms with Crippen molar-refractivity contribution in [3.63, 3.8) is 0 Å². The van der Waals surface area contributed by atoms with Crippen molar-refractivity contribution < 1.29 is 23.1 Å². The number of rotatable bonds is 10. The van der Waals surface area contributed by atoms with Gasteiger partial charge in [-0.15, -0.1) is 0 Å². The van der Waals surface area contributed by atoms with E-state index in [4.69, 9.17) is 37.0 Å². The van der Waals surface area contributed by atoms with Crippen LogP contribution in [0.5, 0.6) is 5.75 Å². The van der Waals surface area contributed by atoms with Crippen LogP contribution < -0.4 is 9.61 Å². The predicted octanol–water partition coefficient (Wildman–Crippen LogP) is 5.85. The molecular formula is C24H30Cl2N5O5P. The molecule has 2 aromatic heterocycles. The van der Waals surface area contributed by atoms with E-state index in [0.717, 1.165) is 12.8 Å². The number of carbonyl (C=O) groups is 1. The van der Waals surface area contributed by atoms with E-state index in [1.54, 1.807) is 51.4 Å². The number of imidazole rings is 1. The first-order valence-electron chi connectivity index (χ1n) is 12.1. The maximum Gasteiger partial charge on any atom is 0.459 e. The molecular weight excluding hydrogens is 540 g/mol. The van der Waals surface area contributed by atoms with E-state index in [1.165, 1.54) is 0 Å². The van der Waals surface area contributed by atoms with Gasteiger partial charge in [-0.2, -0.15) is 10.1 Å². The SMILES string of the molecule is CC(C)OC(=O)[C@H](C)NP(=O)(OC[C@@H]1C[C@@H](C)[C@H](n2cnc3c(Cl)nc(Cl)nc32)C1)Oc1ccccc1. The summed E-state index contributed by atoms with van der Waals surface area (Å²) >= 11 is 12.2. The van der Waals surface area contributed by atoms with Crippen molar-refractivity contribution in [2.75, 3.05) is 6.61 Å². The van der Waals surface area contributed by atoms with Gasteiger partial charge in [0.2, 0.25) is 5.28 Å². The predicted molar refractivity (Wildman–Crippen MR) is 141 cm³/mol. The summed E-state index contributed by atoms with van der Waals surface area (Å²) in [6.45, 7) is 7.34. The van der Waals surface area contributed by atoms with Crippen LogP contribution in [0.4, 0.5) is 0 Å². The van der Waals surface area contributed by atoms with E-state index in [0.29, 0.717) is 16.9 Å². The lowest BCUT2D eigenvalue weighted by molar-refractivity contribution is -0.149. The number of para-hydroxylation sites is 1. The molecule has 5 atom stereocenters. The van der Waals surface area contributed by atoms with Crippen LogP contribution in [-0.2, 0) is 18.6 Å². The van der Waals surface area contributed by atoms with Gasteiger partial charge < -0.3 is 13.8 Å². The molecule has 1 aromatic carbocycles. The van der Waals surface area contributed by atoms with Gasteiger partial charge in [0.1, 0.15) is 17.3 Å². The van der Waals surface area contributed by atoms with E-state index < -0.39 is 19.8 Å². The molecule has 0 radical (unpaired) electrons. The van der Waals surface area contributed by atoms with E-state index in [1.807, 2.05) is 10.6 Å². The number of ether oxygens (including phenoxy) is 1. The Balaban J connectivity index is 1.47. The van der Waals surface area contributed by atoms with E-state index in [-0.39, 0.29) is 41.0 Å². The van der Waals surface area contributed by atoms with E-state index in [9.17, 15) is 9.36 Å². The van der Waals surface area contributed by atoms with Crippen molar-refractivity contribution in [3.8, 4) is 5.75 Å². The fourth-order valence-electron chi connectivity index (χ4n) is 4.51. The minimum atomic E-state index is -3.92. The molecule has 200 valence electrons. The molecule has 0 amide bonds. The molecule has 0 spiro atoms. The van der Waals surface area contributed by atoms with Crippen LogP contribution >= 0.6 is 30.9 Å². The number of carbonyl (C=O) groups excluding carboxylic acids is 1. The molecule has 0 bridgehead atoms. The fraction of sp³-hybridized carbons (Fsp3) is 0.500. The van der Waals surface area contributed by atoms with Crippen molar-refractivity contribution in [2.24, 2.45) is 11.8 Å². The molecule has 37 heavy (non-hydrogen) atoms. The van der Waals surface area contributed by atoms with Crippen molar-refractivity contribution >= 4 is 48.1 Å². The third-order valence-electron chi connectivity index (χ3n) is 6.15. The van der Waals surface area contributed by atoms with Crippen molar-refractivity contribution in [3.05, 3.63) is 47.1 Å². The normalized spacial score (nSPS) is 22.2. The summed E-state index contributed by atoms with van der Waals surface area (Å²) in [4.78, 5) is 25.0. The Kier molecular flexibility index (Phi) is 8.76. The van der Waals surface area contributed by atoms with Gasteiger partial charge in [0.15, 0.2) is 10.8 Å². The fourth-order valence-corrected chi connectivity index (χ4v) is 6.50. The molecule has 3 aromatic rings. The Hall–Kier alpha value is -2.23. The highest BCUT2D eigenvalue weighted by Crippen LogP contribution is 2.48. The number of nitrogens with one attached hydrogen (secondary N) is 1. The van der Waals surface area contributed by atoms with Crippen LogP contribution in [-0.4, -0.2) is 44.2 Å². The third-order valence-corrected chi connectivity index (χ3v) is 8.23. The van der Waals surface area contributed by atoms with E-state index >= 15 is 0 Å². The van der Waals surface area contributed by atoms with Crippen molar-refractivity contribution in [2.45, 2.75) is 58.7 Å². The summed E-state index contributed by atoms with van der Waals surface area (Å²) in [5.74, 6) is 0.133. The largest absolute Gasteiger partial charge is 0.462 e. The molecule has 1 N–H and O–H groups in total. The number of fused-ring (bicyclic) bond motifs is 1. The lowest BCUT2D eigenvalue weighted by atomic mass is 10.1. The number of hydrogen-bond donors (Lipinski definition) is 1. The van der Waals surface area contributed by atoms with Crippen molar-refractivity contribution in [1.82, 2.24) is 24.6 Å². The van der Waals surface area contributed by atoms with Crippen LogP contribution in [0.3, 0.4) is 0 Å². The lowest BCUT2D eigenvalue weighted by Gasteiger charge is -2.24. The van der Waals surface area contributed by atoms with Gasteiger partial charge in [-0.3, -0.25) is 9.32 Å². The zero-order valence-corrected chi connectivity index (χ0v) is 23.4. The highest BCUT2D eigenvalue weighted by Gasteiger charge is 2.38. The highest BCUT2D eigenvalue weighted by molar-refractivity contribution is 7.52. The first-order valence-corrected chi connectivity index (χ1v) is 14.4. The topological polar surface area (TPSA) is 117 Å². The highest BCUT2D eigenvalue weighted by atomic mass is 35.5. The number of hydrogen-bond acceptors (Lipinski definition) is 8. The zero-order valence-electron chi connectivity index (χ0n) is 21.0. The maximum atomic E-state index is 13.8. The quantitative estimate of drug-likeness (QED) is 0.139. The average Bonchev–Trinajstić information content (AvgIpc) is 3.41. The summed E-state index contributed by atoms with van der Waals surface area (Å²) < 4.78 is 32.6. The molecule has 10 nitrogen and oxygen atoms in total. The number of aromatic nitrogens is 4. The Morgan fingerprint density at radius 3 is 2.62 bits per heavy atom.